The van der Waals surface area contributed by atoms with E-state index in [1.807, 2.05) is 12.1 Å². The molecule has 1 atom stereocenters. The van der Waals surface area contributed by atoms with Gasteiger partial charge >= 0.3 is 0 Å². The van der Waals surface area contributed by atoms with Gasteiger partial charge in [0.25, 0.3) is 0 Å². The fourth-order valence-corrected chi connectivity index (χ4v) is 1.45. The Hall–Kier alpha value is -0.820. The van der Waals surface area contributed by atoms with Crippen molar-refractivity contribution in [2.24, 2.45) is 0 Å². The van der Waals surface area contributed by atoms with Gasteiger partial charge < -0.3 is 4.74 Å². The second-order valence-electron chi connectivity index (χ2n) is 2.83. The molecule has 2 rings (SSSR count). The molecule has 1 aliphatic heterocycles. The highest BCUT2D eigenvalue weighted by Crippen LogP contribution is 2.27. The predicted molar refractivity (Wildman–Crippen MR) is 43.2 cm³/mol. The van der Waals surface area contributed by atoms with Gasteiger partial charge in [-0.1, -0.05) is 24.3 Å². The normalized spacial score (nSPS) is 23.8. The van der Waals surface area contributed by atoms with Gasteiger partial charge in [-0.05, 0) is 24.5 Å². The average molecular weight is 147 g/mol. The molecule has 1 nitrogen and oxygen atoms in total. The zero-order valence-corrected chi connectivity index (χ0v) is 6.42. The molecular formula is C10H11O. The van der Waals surface area contributed by atoms with Crippen molar-refractivity contribution >= 4 is 0 Å². The summed E-state index contributed by atoms with van der Waals surface area (Å²) in [7, 11) is 0. The van der Waals surface area contributed by atoms with Crippen LogP contribution in [0.25, 0.3) is 0 Å². The van der Waals surface area contributed by atoms with Crippen LogP contribution in [0.3, 0.4) is 0 Å². The molecule has 57 valence electrons. The molecule has 1 unspecified atom stereocenters. The van der Waals surface area contributed by atoms with Crippen LogP contribution in [-0.4, -0.2) is 6.61 Å². The predicted octanol–water partition coefficient (Wildman–Crippen LogP) is 2.34. The number of benzene rings is 1. The summed E-state index contributed by atoms with van der Waals surface area (Å²) in [6.45, 7) is 0.920. The largest absolute Gasteiger partial charge is 0.374 e. The molecule has 0 saturated carbocycles. The van der Waals surface area contributed by atoms with Gasteiger partial charge in [-0.15, -0.1) is 0 Å². The molecule has 11 heavy (non-hydrogen) atoms. The Labute approximate surface area is 67.0 Å². The Morgan fingerprint density at radius 1 is 1.36 bits per heavy atom. The average Bonchev–Trinajstić information content (AvgIpc) is 2.58. The van der Waals surface area contributed by atoms with Crippen molar-refractivity contribution in [3.05, 3.63) is 35.9 Å². The highest BCUT2D eigenvalue weighted by molar-refractivity contribution is 5.17. The summed E-state index contributed by atoms with van der Waals surface area (Å²) in [5.74, 6) is 0. The Kier molecular flexibility index (Phi) is 1.91. The quantitative estimate of drug-likeness (QED) is 0.592. The van der Waals surface area contributed by atoms with E-state index < -0.39 is 0 Å². The summed E-state index contributed by atoms with van der Waals surface area (Å²) in [4.78, 5) is 0. The summed E-state index contributed by atoms with van der Waals surface area (Å²) in [5.41, 5.74) is 1.29. The fourth-order valence-electron chi connectivity index (χ4n) is 1.45. The van der Waals surface area contributed by atoms with Gasteiger partial charge in [0.15, 0.2) is 0 Å². The van der Waals surface area contributed by atoms with Gasteiger partial charge in [-0.25, -0.2) is 0 Å². The summed E-state index contributed by atoms with van der Waals surface area (Å²) in [5, 5.41) is 0. The van der Waals surface area contributed by atoms with Crippen molar-refractivity contribution in [3.8, 4) is 0 Å². The highest BCUT2D eigenvalue weighted by Gasteiger charge is 2.16. The highest BCUT2D eigenvalue weighted by atomic mass is 16.5. The minimum atomic E-state index is 0.351. The minimum absolute atomic E-state index is 0.351. The van der Waals surface area contributed by atoms with Gasteiger partial charge in [-0.3, -0.25) is 0 Å². The molecule has 1 aromatic rings. The number of rotatable bonds is 1. The van der Waals surface area contributed by atoms with Gasteiger partial charge in [0.05, 0.1) is 6.10 Å². The minimum Gasteiger partial charge on any atom is -0.374 e. The molecule has 1 aromatic carbocycles. The SMILES string of the molecule is [c]1ccc(C2CCCO2)cc1. The smallest absolute Gasteiger partial charge is 0.0825 e. The Morgan fingerprint density at radius 2 is 2.18 bits per heavy atom. The zero-order chi connectivity index (χ0) is 7.52. The van der Waals surface area contributed by atoms with Crippen molar-refractivity contribution in [1.82, 2.24) is 0 Å². The Morgan fingerprint density at radius 3 is 2.82 bits per heavy atom. The summed E-state index contributed by atoms with van der Waals surface area (Å²) in [6.07, 6.45) is 2.72. The Balaban J connectivity index is 2.16. The second-order valence-corrected chi connectivity index (χ2v) is 2.83. The Bertz CT molecular complexity index is 212. The summed E-state index contributed by atoms with van der Waals surface area (Å²) in [6, 6.07) is 11.0. The van der Waals surface area contributed by atoms with Gasteiger partial charge in [0, 0.05) is 6.61 Å². The number of hydrogen-bond donors (Lipinski definition) is 0. The second kappa shape index (κ2) is 3.05. The summed E-state index contributed by atoms with van der Waals surface area (Å²) >= 11 is 0. The van der Waals surface area contributed by atoms with Crippen LogP contribution in [0.5, 0.6) is 0 Å². The molecule has 0 aliphatic carbocycles. The van der Waals surface area contributed by atoms with Crippen LogP contribution < -0.4 is 0 Å². The van der Waals surface area contributed by atoms with E-state index in [9.17, 15) is 0 Å². The first-order valence-electron chi connectivity index (χ1n) is 4.04. The van der Waals surface area contributed by atoms with Crippen molar-refractivity contribution < 1.29 is 4.74 Å². The van der Waals surface area contributed by atoms with E-state index in [1.54, 1.807) is 0 Å². The molecule has 0 spiro atoms. The van der Waals surface area contributed by atoms with Gasteiger partial charge in [-0.2, -0.15) is 0 Å². The van der Waals surface area contributed by atoms with Crippen LogP contribution in [-0.2, 0) is 4.74 Å². The lowest BCUT2D eigenvalue weighted by Crippen LogP contribution is -1.93. The molecule has 0 bridgehead atoms. The zero-order valence-electron chi connectivity index (χ0n) is 6.42. The van der Waals surface area contributed by atoms with E-state index in [1.165, 1.54) is 18.4 Å². The third-order valence-electron chi connectivity index (χ3n) is 2.05. The maximum Gasteiger partial charge on any atom is 0.0825 e. The molecule has 1 heterocycles. The van der Waals surface area contributed by atoms with Crippen molar-refractivity contribution in [3.63, 3.8) is 0 Å². The fraction of sp³-hybridized carbons (Fsp3) is 0.400. The maximum atomic E-state index is 5.53. The summed E-state index contributed by atoms with van der Waals surface area (Å²) < 4.78 is 5.53. The lowest BCUT2D eigenvalue weighted by molar-refractivity contribution is 0.112. The molecule has 0 amide bonds. The monoisotopic (exact) mass is 147 g/mol. The molecule has 1 heteroatoms. The van der Waals surface area contributed by atoms with Crippen LogP contribution >= 0.6 is 0 Å². The standard InChI is InChI=1S/C10H11O/c1-2-5-9(6-3-1)10-7-4-8-11-10/h2-3,5-6,10H,4,7-8H2. The van der Waals surface area contributed by atoms with Crippen LogP contribution in [0.2, 0.25) is 0 Å². The lowest BCUT2D eigenvalue weighted by atomic mass is 10.1. The van der Waals surface area contributed by atoms with Crippen LogP contribution in [0.15, 0.2) is 24.3 Å². The van der Waals surface area contributed by atoms with Crippen molar-refractivity contribution in [1.29, 1.82) is 0 Å². The topological polar surface area (TPSA) is 9.23 Å². The van der Waals surface area contributed by atoms with Crippen LogP contribution in [0.1, 0.15) is 24.5 Å². The molecule has 0 aromatic heterocycles. The van der Waals surface area contributed by atoms with Gasteiger partial charge in [0.2, 0.25) is 0 Å². The van der Waals surface area contributed by atoms with E-state index in [4.69, 9.17) is 4.74 Å². The first kappa shape index (κ1) is 6.86. The van der Waals surface area contributed by atoms with Crippen LogP contribution in [0.4, 0.5) is 0 Å². The molecule has 1 fully saturated rings. The van der Waals surface area contributed by atoms with Crippen LogP contribution in [0, 0.1) is 6.07 Å². The first-order valence-corrected chi connectivity index (χ1v) is 4.04. The van der Waals surface area contributed by atoms with E-state index in [2.05, 4.69) is 18.2 Å². The van der Waals surface area contributed by atoms with E-state index in [0.717, 1.165) is 6.61 Å². The molecule has 1 saturated heterocycles. The number of ether oxygens (including phenoxy) is 1. The molecular weight excluding hydrogens is 136 g/mol. The lowest BCUT2D eigenvalue weighted by Gasteiger charge is -2.07. The third kappa shape index (κ3) is 1.43. The first-order chi connectivity index (χ1) is 5.47. The molecule has 1 aliphatic rings. The van der Waals surface area contributed by atoms with E-state index in [-0.39, 0.29) is 0 Å². The van der Waals surface area contributed by atoms with Crippen molar-refractivity contribution in [2.75, 3.05) is 6.61 Å². The van der Waals surface area contributed by atoms with Gasteiger partial charge in [0.1, 0.15) is 0 Å². The van der Waals surface area contributed by atoms with E-state index in [0.29, 0.717) is 6.10 Å². The maximum absolute atomic E-state index is 5.53. The third-order valence-corrected chi connectivity index (χ3v) is 2.05. The number of hydrogen-bond acceptors (Lipinski definition) is 1. The van der Waals surface area contributed by atoms with Crippen molar-refractivity contribution in [2.45, 2.75) is 18.9 Å². The van der Waals surface area contributed by atoms with E-state index >= 15 is 0 Å². The molecule has 0 N–H and O–H groups in total. The molecule has 1 radical (unpaired) electrons.